The Labute approximate surface area is 432 Å². The predicted octanol–water partition coefficient (Wildman–Crippen LogP) is 14.0. The average molecular weight is 1010 g/mol. The van der Waals surface area contributed by atoms with Crippen molar-refractivity contribution in [1.82, 2.24) is 5.32 Å². The Morgan fingerprint density at radius 2 is 0.986 bits per heavy atom. The summed E-state index contributed by atoms with van der Waals surface area (Å²) in [4.78, 5) is 0. The van der Waals surface area contributed by atoms with E-state index in [1.807, 2.05) is 0 Å². The van der Waals surface area contributed by atoms with Gasteiger partial charge in [0.05, 0.1) is 35.6 Å². The van der Waals surface area contributed by atoms with Gasteiger partial charge in [0.2, 0.25) is 0 Å². The lowest BCUT2D eigenvalue weighted by molar-refractivity contribution is -0.302. The second-order valence-electron chi connectivity index (χ2n) is 20.5. The molecular weight excluding hydrogens is 908 g/mol. The Balaban J connectivity index is 1.69. The van der Waals surface area contributed by atoms with Crippen molar-refractivity contribution in [1.29, 1.82) is 0 Å². The number of benzene rings is 1. The Morgan fingerprint density at radius 3 is 1.42 bits per heavy atom. The summed E-state index contributed by atoms with van der Waals surface area (Å²) in [5.74, 6) is 0. The van der Waals surface area contributed by atoms with Gasteiger partial charge in [0.15, 0.2) is 6.29 Å². The fourth-order valence-corrected chi connectivity index (χ4v) is 9.90. The van der Waals surface area contributed by atoms with Crippen LogP contribution in [0.1, 0.15) is 251 Å². The molecular formula is C57H105ClN2O8S. The molecule has 1 saturated heterocycles. The third-order valence-electron chi connectivity index (χ3n) is 14.2. The molecule has 0 bridgehead atoms. The zero-order valence-electron chi connectivity index (χ0n) is 44.0. The summed E-state index contributed by atoms with van der Waals surface area (Å²) in [6, 6.07) is 6.39. The van der Waals surface area contributed by atoms with E-state index >= 15 is 0 Å². The quantitative estimate of drug-likeness (QED) is 0.0247. The normalized spacial score (nSPS) is 19.7. The Kier molecular flexibility index (Phi) is 41.2. The maximum Gasteiger partial charge on any atom is 0.261 e. The first-order valence-corrected chi connectivity index (χ1v) is 29.6. The number of aliphatic hydroxyl groups excluding tert-OH is 5. The highest BCUT2D eigenvalue weighted by Gasteiger charge is 2.45. The first-order valence-electron chi connectivity index (χ1n) is 28.8. The zero-order valence-corrected chi connectivity index (χ0v) is 45.5. The van der Waals surface area contributed by atoms with E-state index in [9.17, 15) is 25.5 Å². The molecule has 1 fully saturated rings. The Morgan fingerprint density at radius 1 is 0.580 bits per heavy atom. The summed E-state index contributed by atoms with van der Waals surface area (Å²) in [6.07, 6.45) is 38.4. The molecule has 0 amide bonds. The van der Waals surface area contributed by atoms with Crippen molar-refractivity contribution in [3.63, 3.8) is 0 Å². The van der Waals surface area contributed by atoms with Crippen molar-refractivity contribution in [2.75, 3.05) is 25.1 Å². The summed E-state index contributed by atoms with van der Waals surface area (Å²) in [6.45, 7) is 4.85. The lowest BCUT2D eigenvalue weighted by Gasteiger charge is -2.40. The molecule has 0 radical (unpaired) electrons. The van der Waals surface area contributed by atoms with E-state index in [1.165, 1.54) is 193 Å². The van der Waals surface area contributed by atoms with Gasteiger partial charge in [-0.25, -0.2) is 0 Å². The van der Waals surface area contributed by atoms with Gasteiger partial charge in [-0.3, -0.25) is 0 Å². The molecule has 2 rings (SSSR count). The van der Waals surface area contributed by atoms with Gasteiger partial charge in [-0.2, -0.15) is 0 Å². The standard InChI is InChI=1S/C57H105ClN2O8S/c1-3-5-7-9-11-13-15-17-18-19-20-21-22-23-24-25-26-27-28-30-32-34-36-40-44-59-49(52(62)50(61)43-37-35-33-31-29-16-14-12-10-8-6-4-2)45-66-56-55(65)54(64)53(63)51(68-56)46-67-57(69)60-48-42-39-38-41-47(48)58/h38-39,41-42,49-56,59,61-65H,3-37,40,43-46H2,1-2H3,(H,60,69)/t49-,50+,51+,52-,53-,54-,55+,56+/m0/s1. The van der Waals surface area contributed by atoms with Gasteiger partial charge in [-0.05, 0) is 43.7 Å². The number of aliphatic hydroxyl groups is 5. The highest BCUT2D eigenvalue weighted by Crippen LogP contribution is 2.25. The molecule has 69 heavy (non-hydrogen) atoms. The van der Waals surface area contributed by atoms with Crippen molar-refractivity contribution in [2.24, 2.45) is 0 Å². The molecule has 0 saturated carbocycles. The fourth-order valence-electron chi connectivity index (χ4n) is 9.54. The van der Waals surface area contributed by atoms with E-state index in [-0.39, 0.29) is 18.4 Å². The molecule has 0 spiro atoms. The van der Waals surface area contributed by atoms with Crippen molar-refractivity contribution < 1.29 is 39.7 Å². The van der Waals surface area contributed by atoms with Gasteiger partial charge in [0.1, 0.15) is 31.0 Å². The Hall–Kier alpha value is -1.12. The van der Waals surface area contributed by atoms with Crippen LogP contribution in [-0.2, 0) is 14.2 Å². The van der Waals surface area contributed by atoms with E-state index in [0.717, 1.165) is 38.5 Å². The van der Waals surface area contributed by atoms with Crippen LogP contribution in [0.15, 0.2) is 24.3 Å². The summed E-state index contributed by atoms with van der Waals surface area (Å²) in [7, 11) is 0. The highest BCUT2D eigenvalue weighted by molar-refractivity contribution is 7.80. The van der Waals surface area contributed by atoms with Crippen LogP contribution in [0.2, 0.25) is 5.02 Å². The monoisotopic (exact) mass is 1010 g/mol. The van der Waals surface area contributed by atoms with Gasteiger partial charge in [0.25, 0.3) is 5.17 Å². The third-order valence-corrected chi connectivity index (χ3v) is 14.7. The topological polar surface area (TPSA) is 153 Å². The first-order chi connectivity index (χ1) is 33.7. The van der Waals surface area contributed by atoms with Gasteiger partial charge in [0, 0.05) is 0 Å². The maximum absolute atomic E-state index is 11.4. The van der Waals surface area contributed by atoms with E-state index < -0.39 is 49.0 Å². The minimum Gasteiger partial charge on any atom is -0.468 e. The van der Waals surface area contributed by atoms with E-state index in [2.05, 4.69) is 24.5 Å². The lowest BCUT2D eigenvalue weighted by atomic mass is 9.98. The molecule has 0 aliphatic carbocycles. The van der Waals surface area contributed by atoms with Crippen LogP contribution in [-0.4, -0.2) is 99.4 Å². The Bertz CT molecular complexity index is 1320. The molecule has 0 aromatic heterocycles. The summed E-state index contributed by atoms with van der Waals surface area (Å²) < 4.78 is 17.6. The van der Waals surface area contributed by atoms with Crippen molar-refractivity contribution in [3.8, 4) is 0 Å². The summed E-state index contributed by atoms with van der Waals surface area (Å²) in [5, 5.41) is 61.7. The summed E-state index contributed by atoms with van der Waals surface area (Å²) in [5.41, 5.74) is 0.551. The molecule has 1 aromatic rings. The maximum atomic E-state index is 11.4. The molecule has 8 atom stereocenters. The van der Waals surface area contributed by atoms with Crippen LogP contribution in [0.25, 0.3) is 0 Å². The number of hydrogen-bond donors (Lipinski definition) is 7. The zero-order chi connectivity index (χ0) is 50.0. The minimum atomic E-state index is -1.58. The number of hydrogen-bond acceptors (Lipinski definition) is 10. The molecule has 7 N–H and O–H groups in total. The minimum absolute atomic E-state index is 0.00717. The largest absolute Gasteiger partial charge is 0.468 e. The number of anilines is 1. The molecule has 1 aliphatic heterocycles. The van der Waals surface area contributed by atoms with Gasteiger partial charge < -0.3 is 50.4 Å². The smallest absolute Gasteiger partial charge is 0.261 e. The van der Waals surface area contributed by atoms with Crippen LogP contribution in [0, 0.1) is 0 Å². The molecule has 404 valence electrons. The number of nitrogens with one attached hydrogen (secondary N) is 2. The number of unbranched alkanes of at least 4 members (excludes halogenated alkanes) is 34. The fraction of sp³-hybridized carbons (Fsp3) is 0.877. The first kappa shape index (κ1) is 64.0. The van der Waals surface area contributed by atoms with Gasteiger partial charge in [-0.1, -0.05) is 262 Å². The van der Waals surface area contributed by atoms with Crippen molar-refractivity contribution in [3.05, 3.63) is 29.3 Å². The second kappa shape index (κ2) is 44.4. The lowest BCUT2D eigenvalue weighted by Crippen LogP contribution is -2.60. The van der Waals surface area contributed by atoms with Crippen LogP contribution in [0.4, 0.5) is 5.69 Å². The third kappa shape index (κ3) is 32.6. The molecule has 12 heteroatoms. The van der Waals surface area contributed by atoms with Crippen molar-refractivity contribution >= 4 is 34.7 Å². The van der Waals surface area contributed by atoms with Crippen LogP contribution in [0.5, 0.6) is 0 Å². The highest BCUT2D eigenvalue weighted by atomic mass is 35.5. The molecule has 0 unspecified atom stereocenters. The van der Waals surface area contributed by atoms with Crippen LogP contribution in [0.3, 0.4) is 0 Å². The summed E-state index contributed by atoms with van der Waals surface area (Å²) >= 11 is 11.5. The number of para-hydroxylation sites is 1. The molecule has 1 aliphatic rings. The number of halogens is 1. The van der Waals surface area contributed by atoms with Crippen LogP contribution < -0.4 is 10.6 Å². The van der Waals surface area contributed by atoms with E-state index in [0.29, 0.717) is 23.7 Å². The van der Waals surface area contributed by atoms with Gasteiger partial charge >= 0.3 is 0 Å². The number of rotatable bonds is 47. The average Bonchev–Trinajstić information content (AvgIpc) is 3.35. The SMILES string of the molecule is CCCCCCCCCCCCCCCCCCCCCCCCCCN[C@@H](CO[C@@H]1O[C@H](COC(=S)Nc2ccccc2Cl)[C@H](O)[C@H](O)[C@H]1O)[C@H](O)[C@H](O)CCCCCCCCCCCCCC. The van der Waals surface area contributed by atoms with Crippen molar-refractivity contribution in [2.45, 2.75) is 300 Å². The number of thiocarbonyl (C=S) groups is 1. The van der Waals surface area contributed by atoms with Gasteiger partial charge in [-0.15, -0.1) is 0 Å². The van der Waals surface area contributed by atoms with E-state index in [4.69, 9.17) is 38.0 Å². The second-order valence-corrected chi connectivity index (χ2v) is 21.3. The molecule has 10 nitrogen and oxygen atoms in total. The predicted molar refractivity (Wildman–Crippen MR) is 292 cm³/mol. The number of ether oxygens (including phenoxy) is 3. The van der Waals surface area contributed by atoms with Crippen LogP contribution >= 0.6 is 23.8 Å². The molecule has 1 heterocycles. The molecule has 1 aromatic carbocycles. The van der Waals surface area contributed by atoms with E-state index in [1.54, 1.807) is 24.3 Å².